The maximum Gasteiger partial charge on any atom is 0.256 e. The van der Waals surface area contributed by atoms with E-state index in [1.807, 2.05) is 0 Å². The highest BCUT2D eigenvalue weighted by atomic mass is 16.2. The van der Waals surface area contributed by atoms with Crippen LogP contribution in [0.5, 0.6) is 0 Å². The molecule has 0 bridgehead atoms. The monoisotopic (exact) mass is 341 g/mol. The summed E-state index contributed by atoms with van der Waals surface area (Å²) in [5.74, 6) is -0.544. The van der Waals surface area contributed by atoms with Crippen LogP contribution in [-0.4, -0.2) is 57.2 Å². The van der Waals surface area contributed by atoms with E-state index in [4.69, 9.17) is 0 Å². The Labute approximate surface area is 144 Å². The van der Waals surface area contributed by atoms with Gasteiger partial charge in [-0.3, -0.25) is 24.4 Å². The first-order valence-electron chi connectivity index (χ1n) is 7.96. The van der Waals surface area contributed by atoms with Gasteiger partial charge in [0.25, 0.3) is 11.8 Å². The topological polar surface area (TPSA) is 99.3 Å². The fourth-order valence-electron chi connectivity index (χ4n) is 3.27. The number of H-pyrrole nitrogens is 1. The zero-order valence-corrected chi connectivity index (χ0v) is 14.1. The highest BCUT2D eigenvalue weighted by Crippen LogP contribution is 2.40. The second-order valence-electron chi connectivity index (χ2n) is 6.15. The Morgan fingerprint density at radius 1 is 1.28 bits per heavy atom. The molecule has 3 heterocycles. The molecule has 130 valence electrons. The first-order valence-corrected chi connectivity index (χ1v) is 7.96. The van der Waals surface area contributed by atoms with Crippen LogP contribution in [0.1, 0.15) is 28.9 Å². The van der Waals surface area contributed by atoms with Crippen molar-refractivity contribution < 1.29 is 9.59 Å². The van der Waals surface area contributed by atoms with Gasteiger partial charge in [-0.2, -0.15) is 0 Å². The Morgan fingerprint density at radius 3 is 2.68 bits per heavy atom. The number of aromatic amines is 1. The van der Waals surface area contributed by atoms with Crippen LogP contribution in [0.15, 0.2) is 41.7 Å². The maximum absolute atomic E-state index is 13.1. The molecule has 1 N–H and O–H groups in total. The van der Waals surface area contributed by atoms with E-state index < -0.39 is 5.54 Å². The molecule has 25 heavy (non-hydrogen) atoms. The van der Waals surface area contributed by atoms with Crippen LogP contribution in [0.3, 0.4) is 0 Å². The van der Waals surface area contributed by atoms with E-state index in [-0.39, 0.29) is 17.4 Å². The molecule has 8 nitrogen and oxygen atoms in total. The third-order valence-electron chi connectivity index (χ3n) is 4.40. The molecule has 0 radical (unpaired) electrons. The molecule has 1 fully saturated rings. The molecular weight excluding hydrogens is 322 g/mol. The minimum absolute atomic E-state index is 0.219. The standard InChI is InChI=1S/C17H19N5O3/c1-21(2)16(25)17(13-11-18-7-8-19-13)6-3-9-22(17)15(24)12-4-5-14(23)20-10-12/h4-5,7-8,10-11H,3,6,9H2,1-2H3,(H,20,23)/t17-/m0/s1. The lowest BCUT2D eigenvalue weighted by Gasteiger charge is -2.38. The first kappa shape index (κ1) is 16.8. The second kappa shape index (κ2) is 6.46. The van der Waals surface area contributed by atoms with Crippen LogP contribution >= 0.6 is 0 Å². The summed E-state index contributed by atoms with van der Waals surface area (Å²) in [7, 11) is 3.31. The van der Waals surface area contributed by atoms with Crippen molar-refractivity contribution in [3.63, 3.8) is 0 Å². The van der Waals surface area contributed by atoms with Crippen LogP contribution in [0.4, 0.5) is 0 Å². The predicted octanol–water partition coefficient (Wildman–Crippen LogP) is 0.385. The summed E-state index contributed by atoms with van der Waals surface area (Å²) in [5.41, 5.74) is -0.710. The molecule has 0 aromatic carbocycles. The molecule has 0 unspecified atom stereocenters. The van der Waals surface area contributed by atoms with E-state index in [0.717, 1.165) is 0 Å². The van der Waals surface area contributed by atoms with Gasteiger partial charge in [-0.15, -0.1) is 0 Å². The quantitative estimate of drug-likeness (QED) is 0.870. The number of pyridine rings is 1. The normalized spacial score (nSPS) is 19.7. The van der Waals surface area contributed by atoms with E-state index in [1.165, 1.54) is 46.7 Å². The highest BCUT2D eigenvalue weighted by Gasteiger charge is 2.53. The highest BCUT2D eigenvalue weighted by molar-refractivity contribution is 5.99. The summed E-state index contributed by atoms with van der Waals surface area (Å²) in [5, 5.41) is 0. The number of hydrogen-bond donors (Lipinski definition) is 1. The van der Waals surface area contributed by atoms with Gasteiger partial charge in [0, 0.05) is 45.3 Å². The molecule has 1 atom stereocenters. The lowest BCUT2D eigenvalue weighted by molar-refractivity contribution is -0.140. The van der Waals surface area contributed by atoms with Crippen molar-refractivity contribution in [1.29, 1.82) is 0 Å². The van der Waals surface area contributed by atoms with Gasteiger partial charge < -0.3 is 14.8 Å². The van der Waals surface area contributed by atoms with Crippen LogP contribution in [-0.2, 0) is 10.3 Å². The molecule has 2 aromatic heterocycles. The molecule has 2 amide bonds. The van der Waals surface area contributed by atoms with Crippen molar-refractivity contribution in [3.05, 3.63) is 58.5 Å². The number of rotatable bonds is 3. The molecule has 0 spiro atoms. The number of carbonyl (C=O) groups is 2. The van der Waals surface area contributed by atoms with Crippen molar-refractivity contribution >= 4 is 11.8 Å². The van der Waals surface area contributed by atoms with Gasteiger partial charge in [-0.25, -0.2) is 0 Å². The predicted molar refractivity (Wildman–Crippen MR) is 89.7 cm³/mol. The van der Waals surface area contributed by atoms with E-state index in [0.29, 0.717) is 30.6 Å². The maximum atomic E-state index is 13.1. The van der Waals surface area contributed by atoms with Gasteiger partial charge in [0.1, 0.15) is 0 Å². The van der Waals surface area contributed by atoms with Crippen molar-refractivity contribution in [1.82, 2.24) is 24.8 Å². The number of nitrogens with zero attached hydrogens (tertiary/aromatic N) is 4. The van der Waals surface area contributed by atoms with E-state index in [9.17, 15) is 14.4 Å². The molecule has 8 heteroatoms. The summed E-state index contributed by atoms with van der Waals surface area (Å²) in [6.07, 6.45) is 7.08. The van der Waals surface area contributed by atoms with Crippen LogP contribution in [0, 0.1) is 0 Å². The molecule has 0 aliphatic carbocycles. The fourth-order valence-corrected chi connectivity index (χ4v) is 3.27. The number of nitrogens with one attached hydrogen (secondary N) is 1. The number of amides is 2. The lowest BCUT2D eigenvalue weighted by atomic mass is 9.90. The number of hydrogen-bond acceptors (Lipinski definition) is 5. The Hall–Kier alpha value is -3.03. The third kappa shape index (κ3) is 2.79. The van der Waals surface area contributed by atoms with Crippen molar-refractivity contribution in [2.24, 2.45) is 0 Å². The van der Waals surface area contributed by atoms with Gasteiger partial charge in [-0.1, -0.05) is 0 Å². The molecule has 0 saturated carbocycles. The zero-order chi connectivity index (χ0) is 18.0. The number of carbonyl (C=O) groups excluding carboxylic acids is 2. The number of aromatic nitrogens is 3. The van der Waals surface area contributed by atoms with Gasteiger partial charge in [-0.05, 0) is 18.9 Å². The van der Waals surface area contributed by atoms with Crippen LogP contribution in [0.25, 0.3) is 0 Å². The smallest absolute Gasteiger partial charge is 0.256 e. The molecule has 1 saturated heterocycles. The van der Waals surface area contributed by atoms with E-state index in [1.54, 1.807) is 14.1 Å². The Bertz CT molecular complexity index is 828. The van der Waals surface area contributed by atoms with Gasteiger partial charge >= 0.3 is 0 Å². The van der Waals surface area contributed by atoms with Gasteiger partial charge in [0.2, 0.25) is 5.56 Å². The van der Waals surface area contributed by atoms with E-state index in [2.05, 4.69) is 15.0 Å². The summed E-state index contributed by atoms with van der Waals surface area (Å²) in [4.78, 5) is 51.3. The van der Waals surface area contributed by atoms with Crippen LogP contribution < -0.4 is 5.56 Å². The van der Waals surface area contributed by atoms with Crippen molar-refractivity contribution in [3.8, 4) is 0 Å². The van der Waals surface area contributed by atoms with Crippen molar-refractivity contribution in [2.75, 3.05) is 20.6 Å². The number of likely N-dealkylation sites (tertiary alicyclic amines) is 1. The molecular formula is C17H19N5O3. The zero-order valence-electron chi connectivity index (χ0n) is 14.1. The lowest BCUT2D eigenvalue weighted by Crippen LogP contribution is -2.55. The van der Waals surface area contributed by atoms with Gasteiger partial charge in [0.15, 0.2) is 5.54 Å². The molecule has 1 aliphatic heterocycles. The summed E-state index contributed by atoms with van der Waals surface area (Å²) < 4.78 is 0. The Balaban J connectivity index is 2.10. The van der Waals surface area contributed by atoms with Crippen LogP contribution in [0.2, 0.25) is 0 Å². The summed E-state index contributed by atoms with van der Waals surface area (Å²) in [6.45, 7) is 0.425. The average molecular weight is 341 g/mol. The average Bonchev–Trinajstić information content (AvgIpc) is 3.07. The third-order valence-corrected chi connectivity index (χ3v) is 4.40. The van der Waals surface area contributed by atoms with Gasteiger partial charge in [0.05, 0.1) is 17.5 Å². The molecule has 3 rings (SSSR count). The summed E-state index contributed by atoms with van der Waals surface area (Å²) in [6, 6.07) is 2.75. The Kier molecular flexibility index (Phi) is 4.35. The summed E-state index contributed by atoms with van der Waals surface area (Å²) >= 11 is 0. The minimum Gasteiger partial charge on any atom is -0.346 e. The molecule has 1 aliphatic rings. The number of likely N-dealkylation sites (N-methyl/N-ethyl adjacent to an activating group) is 1. The fraction of sp³-hybridized carbons (Fsp3) is 0.353. The van der Waals surface area contributed by atoms with E-state index >= 15 is 0 Å². The second-order valence-corrected chi connectivity index (χ2v) is 6.15. The Morgan fingerprint density at radius 2 is 2.08 bits per heavy atom. The minimum atomic E-state index is -1.19. The molecule has 2 aromatic rings. The largest absolute Gasteiger partial charge is 0.346 e. The van der Waals surface area contributed by atoms with Crippen molar-refractivity contribution in [2.45, 2.75) is 18.4 Å². The first-order chi connectivity index (χ1) is 12.0. The SMILES string of the molecule is CN(C)C(=O)[C@@]1(c2cnccn2)CCCN1C(=O)c1ccc(=O)[nH]c1.